The number of rotatable bonds is 10. The van der Waals surface area contributed by atoms with Crippen molar-refractivity contribution < 1.29 is 13.9 Å². The van der Waals surface area contributed by atoms with Crippen LogP contribution in [-0.2, 0) is 6.54 Å². The number of nitrogens with zero attached hydrogens (tertiary/aromatic N) is 2. The lowest BCUT2D eigenvalue weighted by Gasteiger charge is -2.19. The van der Waals surface area contributed by atoms with Crippen molar-refractivity contribution in [2.45, 2.75) is 19.4 Å². The zero-order valence-corrected chi connectivity index (χ0v) is 13.4. The second kappa shape index (κ2) is 9.54. The zero-order chi connectivity index (χ0) is 16.3. The molecule has 23 heavy (non-hydrogen) atoms. The van der Waals surface area contributed by atoms with Crippen LogP contribution in [0.4, 0.5) is 0 Å². The molecule has 122 valence electrons. The van der Waals surface area contributed by atoms with Crippen molar-refractivity contribution in [3.8, 4) is 17.6 Å². The highest BCUT2D eigenvalue weighted by atomic mass is 16.5. The summed E-state index contributed by atoms with van der Waals surface area (Å²) in [6.45, 7) is 2.95. The molecule has 5 nitrogen and oxygen atoms in total. The third-order valence-electron chi connectivity index (χ3n) is 3.45. The van der Waals surface area contributed by atoms with Gasteiger partial charge in [0.1, 0.15) is 17.3 Å². The molecule has 0 aliphatic rings. The van der Waals surface area contributed by atoms with Crippen LogP contribution in [0.3, 0.4) is 0 Å². The van der Waals surface area contributed by atoms with Crippen LogP contribution in [0.25, 0.3) is 0 Å². The lowest BCUT2D eigenvalue weighted by atomic mass is 10.3. The number of nitriles is 1. The van der Waals surface area contributed by atoms with Gasteiger partial charge in [-0.25, -0.2) is 0 Å². The van der Waals surface area contributed by atoms with E-state index in [1.807, 2.05) is 36.4 Å². The second-order valence-corrected chi connectivity index (χ2v) is 5.14. The number of benzene rings is 1. The van der Waals surface area contributed by atoms with E-state index in [0.717, 1.165) is 43.3 Å². The van der Waals surface area contributed by atoms with E-state index in [1.54, 1.807) is 13.4 Å². The number of furan rings is 1. The van der Waals surface area contributed by atoms with Crippen molar-refractivity contribution in [3.63, 3.8) is 0 Å². The van der Waals surface area contributed by atoms with Crippen LogP contribution in [0.15, 0.2) is 47.1 Å². The molecule has 0 saturated carbocycles. The molecule has 0 aliphatic heterocycles. The van der Waals surface area contributed by atoms with Gasteiger partial charge in [0.05, 0.1) is 32.6 Å². The summed E-state index contributed by atoms with van der Waals surface area (Å²) in [6, 6.07) is 13.6. The van der Waals surface area contributed by atoms with Crippen molar-refractivity contribution in [1.82, 2.24) is 4.90 Å². The van der Waals surface area contributed by atoms with Crippen LogP contribution in [0.1, 0.15) is 18.6 Å². The van der Waals surface area contributed by atoms with Crippen molar-refractivity contribution in [2.24, 2.45) is 0 Å². The molecule has 0 atom stereocenters. The fourth-order valence-electron chi connectivity index (χ4n) is 2.25. The Kier molecular flexibility index (Phi) is 7.02. The van der Waals surface area contributed by atoms with Gasteiger partial charge in [-0.1, -0.05) is 0 Å². The number of hydrogen-bond acceptors (Lipinski definition) is 5. The van der Waals surface area contributed by atoms with Crippen LogP contribution in [-0.4, -0.2) is 31.7 Å². The van der Waals surface area contributed by atoms with E-state index in [2.05, 4.69) is 11.0 Å². The summed E-state index contributed by atoms with van der Waals surface area (Å²) in [6.07, 6.45) is 3.07. The maximum atomic E-state index is 8.77. The molecule has 0 aliphatic carbocycles. The molecular formula is C18H22N2O3. The summed E-state index contributed by atoms with van der Waals surface area (Å²) < 4.78 is 16.2. The summed E-state index contributed by atoms with van der Waals surface area (Å²) in [5.41, 5.74) is 0. The van der Waals surface area contributed by atoms with Crippen LogP contribution in [0.5, 0.6) is 11.5 Å². The molecule has 0 radical (unpaired) electrons. The number of ether oxygens (including phenoxy) is 2. The van der Waals surface area contributed by atoms with E-state index in [1.165, 1.54) is 0 Å². The van der Waals surface area contributed by atoms with Gasteiger partial charge in [-0.05, 0) is 42.8 Å². The third kappa shape index (κ3) is 6.05. The quantitative estimate of drug-likeness (QED) is 0.628. The van der Waals surface area contributed by atoms with Gasteiger partial charge in [0, 0.05) is 19.5 Å². The highest BCUT2D eigenvalue weighted by molar-refractivity contribution is 5.31. The van der Waals surface area contributed by atoms with E-state index in [-0.39, 0.29) is 0 Å². The Morgan fingerprint density at radius 2 is 1.91 bits per heavy atom. The SMILES string of the molecule is COc1ccc(OCCCN(CCC#N)Cc2ccco2)cc1. The van der Waals surface area contributed by atoms with Gasteiger partial charge >= 0.3 is 0 Å². The molecule has 0 amide bonds. The van der Waals surface area contributed by atoms with Crippen molar-refractivity contribution in [3.05, 3.63) is 48.4 Å². The maximum Gasteiger partial charge on any atom is 0.119 e. The Bertz CT molecular complexity index is 588. The predicted molar refractivity (Wildman–Crippen MR) is 87.3 cm³/mol. The topological polar surface area (TPSA) is 58.6 Å². The highest BCUT2D eigenvalue weighted by Crippen LogP contribution is 2.17. The van der Waals surface area contributed by atoms with Crippen LogP contribution < -0.4 is 9.47 Å². The van der Waals surface area contributed by atoms with Gasteiger partial charge in [-0.15, -0.1) is 0 Å². The lowest BCUT2D eigenvalue weighted by molar-refractivity contribution is 0.218. The Morgan fingerprint density at radius 1 is 1.13 bits per heavy atom. The Morgan fingerprint density at radius 3 is 2.57 bits per heavy atom. The van der Waals surface area contributed by atoms with Gasteiger partial charge in [0.15, 0.2) is 0 Å². The first-order chi connectivity index (χ1) is 11.3. The molecule has 1 aromatic carbocycles. The molecule has 1 aromatic heterocycles. The average molecular weight is 314 g/mol. The fraction of sp³-hybridized carbons (Fsp3) is 0.389. The average Bonchev–Trinajstić information content (AvgIpc) is 3.09. The van der Waals surface area contributed by atoms with E-state index in [0.29, 0.717) is 13.0 Å². The molecular weight excluding hydrogens is 292 g/mol. The summed E-state index contributed by atoms with van der Waals surface area (Å²) in [7, 11) is 1.64. The maximum absolute atomic E-state index is 8.77. The molecule has 0 spiro atoms. The smallest absolute Gasteiger partial charge is 0.119 e. The number of hydrogen-bond donors (Lipinski definition) is 0. The first-order valence-electron chi connectivity index (χ1n) is 7.70. The highest BCUT2D eigenvalue weighted by Gasteiger charge is 2.07. The van der Waals surface area contributed by atoms with E-state index >= 15 is 0 Å². The molecule has 0 unspecified atom stereocenters. The first kappa shape index (κ1) is 16.9. The minimum absolute atomic E-state index is 0.514. The molecule has 0 bridgehead atoms. The second-order valence-electron chi connectivity index (χ2n) is 5.14. The molecule has 0 N–H and O–H groups in total. The summed E-state index contributed by atoms with van der Waals surface area (Å²) in [5.74, 6) is 2.57. The van der Waals surface area contributed by atoms with Gasteiger partial charge in [0.25, 0.3) is 0 Å². The zero-order valence-electron chi connectivity index (χ0n) is 13.4. The molecule has 2 aromatic rings. The molecule has 0 fully saturated rings. The minimum Gasteiger partial charge on any atom is -0.497 e. The van der Waals surface area contributed by atoms with Gasteiger partial charge < -0.3 is 13.9 Å². The number of methoxy groups -OCH3 is 1. The third-order valence-corrected chi connectivity index (χ3v) is 3.45. The van der Waals surface area contributed by atoms with E-state index in [4.69, 9.17) is 19.2 Å². The molecule has 1 heterocycles. The normalized spacial score (nSPS) is 10.5. The van der Waals surface area contributed by atoms with Crippen LogP contribution >= 0.6 is 0 Å². The molecule has 5 heteroatoms. The Labute approximate surface area is 137 Å². The van der Waals surface area contributed by atoms with Crippen LogP contribution in [0, 0.1) is 11.3 Å². The Hall–Kier alpha value is -2.45. The summed E-state index contributed by atoms with van der Waals surface area (Å²) in [4.78, 5) is 2.21. The van der Waals surface area contributed by atoms with Gasteiger partial charge in [-0.3, -0.25) is 4.90 Å². The standard InChI is InChI=1S/C18H22N2O3/c1-21-16-6-8-17(9-7-16)22-14-4-12-20(11-3-10-19)15-18-5-2-13-23-18/h2,5-9,13H,3-4,11-12,14-15H2,1H3. The van der Waals surface area contributed by atoms with Crippen LogP contribution in [0.2, 0.25) is 0 Å². The fourth-order valence-corrected chi connectivity index (χ4v) is 2.25. The first-order valence-corrected chi connectivity index (χ1v) is 7.70. The predicted octanol–water partition coefficient (Wildman–Crippen LogP) is 3.47. The largest absolute Gasteiger partial charge is 0.497 e. The molecule has 0 saturated heterocycles. The van der Waals surface area contributed by atoms with Gasteiger partial charge in [-0.2, -0.15) is 5.26 Å². The summed E-state index contributed by atoms with van der Waals surface area (Å²) in [5, 5.41) is 8.77. The minimum atomic E-state index is 0.514. The molecule has 2 rings (SSSR count). The Balaban J connectivity index is 1.73. The summed E-state index contributed by atoms with van der Waals surface area (Å²) >= 11 is 0. The van der Waals surface area contributed by atoms with Crippen molar-refractivity contribution >= 4 is 0 Å². The van der Waals surface area contributed by atoms with Crippen molar-refractivity contribution in [2.75, 3.05) is 26.8 Å². The van der Waals surface area contributed by atoms with E-state index in [9.17, 15) is 0 Å². The monoisotopic (exact) mass is 314 g/mol. The lowest BCUT2D eigenvalue weighted by Crippen LogP contribution is -2.26. The van der Waals surface area contributed by atoms with Gasteiger partial charge in [0.2, 0.25) is 0 Å². The van der Waals surface area contributed by atoms with Crippen molar-refractivity contribution in [1.29, 1.82) is 5.26 Å². The van der Waals surface area contributed by atoms with E-state index < -0.39 is 0 Å².